The van der Waals surface area contributed by atoms with Crippen molar-refractivity contribution in [3.8, 4) is 0 Å². The molecule has 1 aliphatic heterocycles. The van der Waals surface area contributed by atoms with Crippen LogP contribution in [0.3, 0.4) is 0 Å². The summed E-state index contributed by atoms with van der Waals surface area (Å²) >= 11 is 0. The van der Waals surface area contributed by atoms with Gasteiger partial charge in [0.15, 0.2) is 0 Å². The molecular formula is C20H30F2N4O2. The van der Waals surface area contributed by atoms with Crippen molar-refractivity contribution in [1.82, 2.24) is 20.4 Å². The topological polar surface area (TPSA) is 64.7 Å². The van der Waals surface area contributed by atoms with Gasteiger partial charge in [-0.1, -0.05) is 6.07 Å². The summed E-state index contributed by atoms with van der Waals surface area (Å²) in [7, 11) is 0. The number of halogens is 2. The maximum atomic E-state index is 13.8. The Morgan fingerprint density at radius 3 is 2.36 bits per heavy atom. The van der Waals surface area contributed by atoms with Crippen molar-refractivity contribution in [2.45, 2.75) is 39.3 Å². The van der Waals surface area contributed by atoms with Crippen molar-refractivity contribution in [2.75, 3.05) is 39.3 Å². The first kappa shape index (κ1) is 22.2. The second-order valence-electron chi connectivity index (χ2n) is 8.22. The lowest BCUT2D eigenvalue weighted by atomic mass is 10.1. The highest BCUT2D eigenvalue weighted by molar-refractivity contribution is 5.79. The molecule has 0 radical (unpaired) electrons. The van der Waals surface area contributed by atoms with Crippen LogP contribution in [0.25, 0.3) is 0 Å². The molecule has 2 rings (SSSR count). The van der Waals surface area contributed by atoms with E-state index >= 15 is 0 Å². The first-order valence-electron chi connectivity index (χ1n) is 9.54. The molecule has 1 saturated heterocycles. The highest BCUT2D eigenvalue weighted by atomic mass is 19.1. The smallest absolute Gasteiger partial charge is 0.236 e. The summed E-state index contributed by atoms with van der Waals surface area (Å²) in [5.41, 5.74) is 0.0604. The van der Waals surface area contributed by atoms with Crippen molar-refractivity contribution in [3.63, 3.8) is 0 Å². The summed E-state index contributed by atoms with van der Waals surface area (Å²) in [4.78, 5) is 28.2. The highest BCUT2D eigenvalue weighted by Crippen LogP contribution is 2.17. The zero-order valence-corrected chi connectivity index (χ0v) is 17.0. The summed E-state index contributed by atoms with van der Waals surface area (Å²) in [5, 5.41) is 5.93. The fourth-order valence-corrected chi connectivity index (χ4v) is 3.13. The van der Waals surface area contributed by atoms with Gasteiger partial charge in [0.05, 0.1) is 13.1 Å². The fourth-order valence-electron chi connectivity index (χ4n) is 3.13. The van der Waals surface area contributed by atoms with E-state index in [9.17, 15) is 18.4 Å². The molecule has 1 heterocycles. The molecule has 2 N–H and O–H groups in total. The second kappa shape index (κ2) is 9.43. The Balaban J connectivity index is 1.75. The number of hydrogen-bond acceptors (Lipinski definition) is 4. The van der Waals surface area contributed by atoms with Gasteiger partial charge in [-0.25, -0.2) is 8.78 Å². The van der Waals surface area contributed by atoms with Crippen molar-refractivity contribution >= 4 is 11.8 Å². The van der Waals surface area contributed by atoms with Gasteiger partial charge in [0, 0.05) is 49.4 Å². The third-order valence-electron chi connectivity index (χ3n) is 4.60. The van der Waals surface area contributed by atoms with E-state index in [0.717, 1.165) is 6.07 Å². The Morgan fingerprint density at radius 2 is 1.79 bits per heavy atom. The molecule has 1 aromatic rings. The third-order valence-corrected chi connectivity index (χ3v) is 4.60. The van der Waals surface area contributed by atoms with E-state index in [0.29, 0.717) is 38.3 Å². The van der Waals surface area contributed by atoms with Gasteiger partial charge in [-0.3, -0.25) is 14.5 Å². The van der Waals surface area contributed by atoms with Crippen LogP contribution in [0.4, 0.5) is 8.78 Å². The van der Waals surface area contributed by atoms with Gasteiger partial charge in [-0.05, 0) is 33.8 Å². The van der Waals surface area contributed by atoms with Crippen molar-refractivity contribution < 1.29 is 18.4 Å². The van der Waals surface area contributed by atoms with Gasteiger partial charge in [0.2, 0.25) is 11.8 Å². The number of amides is 2. The van der Waals surface area contributed by atoms with E-state index in [4.69, 9.17) is 0 Å². The molecule has 0 bridgehead atoms. The van der Waals surface area contributed by atoms with Crippen LogP contribution in [0.15, 0.2) is 18.2 Å². The summed E-state index contributed by atoms with van der Waals surface area (Å²) in [6.07, 6.45) is 0. The number of piperazine rings is 1. The molecule has 1 aromatic carbocycles. The lowest BCUT2D eigenvalue weighted by molar-refractivity contribution is -0.132. The summed E-state index contributed by atoms with van der Waals surface area (Å²) in [6, 6.07) is 3.01. The predicted molar refractivity (Wildman–Crippen MR) is 104 cm³/mol. The largest absolute Gasteiger partial charge is 0.350 e. The van der Waals surface area contributed by atoms with E-state index in [1.165, 1.54) is 12.1 Å². The quantitative estimate of drug-likeness (QED) is 0.768. The molecule has 1 aliphatic rings. The van der Waals surface area contributed by atoms with Crippen molar-refractivity contribution in [2.24, 2.45) is 0 Å². The Morgan fingerprint density at radius 1 is 1.14 bits per heavy atom. The Labute approximate surface area is 165 Å². The SMILES string of the molecule is C[C@H](NCC(=O)N1CCN(CC(=O)NC(C)(C)C)CC1)c1ccc(F)cc1F. The number of nitrogens with one attached hydrogen (secondary N) is 2. The number of hydrogen-bond donors (Lipinski definition) is 2. The molecule has 2 amide bonds. The van der Waals surface area contributed by atoms with Crippen LogP contribution in [0, 0.1) is 11.6 Å². The van der Waals surface area contributed by atoms with Crippen LogP contribution in [-0.4, -0.2) is 66.4 Å². The molecule has 0 saturated carbocycles. The molecule has 0 unspecified atom stereocenters. The fraction of sp³-hybridized carbons (Fsp3) is 0.600. The molecule has 1 atom stereocenters. The summed E-state index contributed by atoms with van der Waals surface area (Å²) < 4.78 is 26.8. The molecule has 8 heteroatoms. The van der Waals surface area contributed by atoms with E-state index in [1.807, 2.05) is 25.7 Å². The van der Waals surface area contributed by atoms with Gasteiger partial charge in [0.1, 0.15) is 11.6 Å². The Hall–Kier alpha value is -2.06. The van der Waals surface area contributed by atoms with E-state index in [-0.39, 0.29) is 23.9 Å². The number of nitrogens with zero attached hydrogens (tertiary/aromatic N) is 2. The summed E-state index contributed by atoms with van der Waals surface area (Å²) in [6.45, 7) is 10.3. The Kier molecular flexibility index (Phi) is 7.48. The normalized spacial score (nSPS) is 16.7. The number of carbonyl (C=O) groups is 2. The third kappa shape index (κ3) is 6.83. The molecule has 6 nitrogen and oxygen atoms in total. The summed E-state index contributed by atoms with van der Waals surface area (Å²) in [5.74, 6) is -1.36. The van der Waals surface area contributed by atoms with Crippen LogP contribution >= 0.6 is 0 Å². The minimum absolute atomic E-state index is 0.0240. The van der Waals surface area contributed by atoms with Gasteiger partial charge >= 0.3 is 0 Å². The maximum absolute atomic E-state index is 13.8. The van der Waals surface area contributed by atoms with Gasteiger partial charge in [0.25, 0.3) is 0 Å². The van der Waals surface area contributed by atoms with E-state index in [1.54, 1.807) is 11.8 Å². The maximum Gasteiger partial charge on any atom is 0.236 e. The van der Waals surface area contributed by atoms with Crippen LogP contribution in [0.1, 0.15) is 39.3 Å². The minimum Gasteiger partial charge on any atom is -0.350 e. The van der Waals surface area contributed by atoms with Crippen LogP contribution in [0.2, 0.25) is 0 Å². The molecule has 1 fully saturated rings. The average Bonchev–Trinajstić information content (AvgIpc) is 2.58. The van der Waals surface area contributed by atoms with Crippen molar-refractivity contribution in [1.29, 1.82) is 0 Å². The second-order valence-corrected chi connectivity index (χ2v) is 8.22. The van der Waals surface area contributed by atoms with Crippen LogP contribution < -0.4 is 10.6 Å². The first-order chi connectivity index (χ1) is 13.0. The zero-order valence-electron chi connectivity index (χ0n) is 17.0. The Bertz CT molecular complexity index is 698. The predicted octanol–water partition coefficient (Wildman–Crippen LogP) is 1.67. The molecule has 28 heavy (non-hydrogen) atoms. The lowest BCUT2D eigenvalue weighted by Gasteiger charge is -2.35. The van der Waals surface area contributed by atoms with E-state index < -0.39 is 17.7 Å². The molecular weight excluding hydrogens is 366 g/mol. The number of carbonyl (C=O) groups excluding carboxylic acids is 2. The monoisotopic (exact) mass is 396 g/mol. The number of rotatable bonds is 6. The molecule has 156 valence electrons. The van der Waals surface area contributed by atoms with Crippen molar-refractivity contribution in [3.05, 3.63) is 35.4 Å². The minimum atomic E-state index is -0.630. The van der Waals surface area contributed by atoms with Gasteiger partial charge in [-0.15, -0.1) is 0 Å². The van der Waals surface area contributed by atoms with Gasteiger partial charge in [-0.2, -0.15) is 0 Å². The number of benzene rings is 1. The van der Waals surface area contributed by atoms with Crippen LogP contribution in [0.5, 0.6) is 0 Å². The highest BCUT2D eigenvalue weighted by Gasteiger charge is 2.24. The lowest BCUT2D eigenvalue weighted by Crippen LogP contribution is -2.54. The molecule has 0 aliphatic carbocycles. The van der Waals surface area contributed by atoms with E-state index in [2.05, 4.69) is 10.6 Å². The molecule has 0 spiro atoms. The zero-order chi connectivity index (χ0) is 20.9. The van der Waals surface area contributed by atoms with Gasteiger partial charge < -0.3 is 15.5 Å². The first-order valence-corrected chi connectivity index (χ1v) is 9.54. The standard InChI is InChI=1S/C20H30F2N4O2/c1-14(16-6-5-15(21)11-17(16)22)23-12-19(28)26-9-7-25(8-10-26)13-18(27)24-20(2,3)4/h5-6,11,14,23H,7-10,12-13H2,1-4H3,(H,24,27)/t14-/m0/s1. The van der Waals surface area contributed by atoms with Crippen LogP contribution in [-0.2, 0) is 9.59 Å². The molecule has 0 aromatic heterocycles. The average molecular weight is 396 g/mol.